The van der Waals surface area contributed by atoms with Crippen LogP contribution in [0.3, 0.4) is 0 Å². The summed E-state index contributed by atoms with van der Waals surface area (Å²) in [5.74, 6) is -3.52. The van der Waals surface area contributed by atoms with E-state index >= 15 is 0 Å². The fourth-order valence-electron chi connectivity index (χ4n) is 2.62. The molecule has 0 aliphatic carbocycles. The van der Waals surface area contributed by atoms with Gasteiger partial charge in [0, 0.05) is 0 Å². The van der Waals surface area contributed by atoms with Crippen molar-refractivity contribution in [2.24, 2.45) is 5.41 Å². The normalized spacial score (nSPS) is 9.51. The van der Waals surface area contributed by atoms with Crippen molar-refractivity contribution in [1.82, 2.24) is 0 Å². The minimum atomic E-state index is -1.11. The average Bonchev–Trinajstić information content (AvgIpc) is 3.09. The van der Waals surface area contributed by atoms with E-state index < -0.39 is 55.7 Å². The predicted molar refractivity (Wildman–Crippen MR) is 164 cm³/mol. The molecule has 0 saturated carbocycles. The van der Waals surface area contributed by atoms with Crippen molar-refractivity contribution in [3.05, 3.63) is 144 Å². The molecule has 0 aliphatic rings. The number of aliphatic hydroxyl groups is 4. The number of benzene rings is 4. The third-order valence-electron chi connectivity index (χ3n) is 5.42. The van der Waals surface area contributed by atoms with Crippen LogP contribution >= 0.6 is 0 Å². The fourth-order valence-corrected chi connectivity index (χ4v) is 2.62. The van der Waals surface area contributed by atoms with E-state index in [0.717, 1.165) is 0 Å². The summed E-state index contributed by atoms with van der Waals surface area (Å²) in [5, 5.41) is 67.5. The Morgan fingerprint density at radius 3 is 0.578 bits per heavy atom. The van der Waals surface area contributed by atoms with Gasteiger partial charge < -0.3 is 40.9 Å². The van der Waals surface area contributed by atoms with Crippen LogP contribution in [0.25, 0.3) is 0 Å². The van der Waals surface area contributed by atoms with E-state index in [-0.39, 0.29) is 0 Å². The maximum atomic E-state index is 10.2. The van der Waals surface area contributed by atoms with Crippen LogP contribution in [0.1, 0.15) is 41.4 Å². The summed E-state index contributed by atoms with van der Waals surface area (Å²) in [6.07, 6.45) is 0. The van der Waals surface area contributed by atoms with Gasteiger partial charge in [-0.2, -0.15) is 0 Å². The first-order valence-electron chi connectivity index (χ1n) is 13.0. The van der Waals surface area contributed by atoms with Crippen LogP contribution in [0.4, 0.5) is 0 Å². The third kappa shape index (κ3) is 17.3. The molecule has 0 bridgehead atoms. The average molecular weight is 625 g/mol. The fraction of sp³-hybridized carbons (Fsp3) is 0.152. The highest BCUT2D eigenvalue weighted by Gasteiger charge is 2.26. The first-order valence-corrected chi connectivity index (χ1v) is 13.0. The van der Waals surface area contributed by atoms with Crippen molar-refractivity contribution in [2.45, 2.75) is 0 Å². The molecule has 8 N–H and O–H groups in total. The van der Waals surface area contributed by atoms with Gasteiger partial charge in [-0.25, -0.2) is 19.2 Å². The van der Waals surface area contributed by atoms with Crippen LogP contribution in [0, 0.1) is 5.41 Å². The lowest BCUT2D eigenvalue weighted by atomic mass is 9.93. The molecule has 0 spiro atoms. The topological polar surface area (TPSA) is 230 Å². The Bertz CT molecular complexity index is 1160. The van der Waals surface area contributed by atoms with E-state index in [1.165, 1.54) is 0 Å². The molecule has 4 aromatic carbocycles. The number of carboxylic acids is 4. The molecule has 0 aromatic heterocycles. The highest BCUT2D eigenvalue weighted by molar-refractivity contribution is 5.88. The lowest BCUT2D eigenvalue weighted by Crippen LogP contribution is -2.37. The number of rotatable bonds is 8. The molecule has 0 radical (unpaired) electrons. The molecule has 0 fully saturated rings. The first-order chi connectivity index (χ1) is 21.5. The largest absolute Gasteiger partial charge is 0.478 e. The number of carbonyl (C=O) groups is 4. The van der Waals surface area contributed by atoms with Crippen molar-refractivity contribution in [3.8, 4) is 0 Å². The van der Waals surface area contributed by atoms with E-state index in [1.807, 2.05) is 0 Å². The molecule has 0 atom stereocenters. The maximum Gasteiger partial charge on any atom is 0.335 e. The molecule has 0 heterocycles. The monoisotopic (exact) mass is 624 g/mol. The van der Waals surface area contributed by atoms with E-state index in [9.17, 15) is 19.2 Å². The zero-order valence-corrected chi connectivity index (χ0v) is 24.1. The van der Waals surface area contributed by atoms with Gasteiger partial charge >= 0.3 is 23.9 Å². The predicted octanol–water partition coefficient (Wildman–Crippen LogP) is 3.48. The summed E-state index contributed by atoms with van der Waals surface area (Å²) in [4.78, 5) is 40.8. The highest BCUT2D eigenvalue weighted by Crippen LogP contribution is 2.11. The van der Waals surface area contributed by atoms with Gasteiger partial charge in [-0.05, 0) is 48.5 Å². The molecule has 4 rings (SSSR count). The Labute approximate surface area is 259 Å². The van der Waals surface area contributed by atoms with Gasteiger partial charge in [0.2, 0.25) is 0 Å². The molecule has 0 saturated heterocycles. The van der Waals surface area contributed by atoms with Crippen molar-refractivity contribution in [3.63, 3.8) is 0 Å². The Morgan fingerprint density at radius 1 is 0.356 bits per heavy atom. The minimum Gasteiger partial charge on any atom is -0.478 e. The Morgan fingerprint density at radius 2 is 0.511 bits per heavy atom. The second-order valence-corrected chi connectivity index (χ2v) is 8.82. The molecule has 12 nitrogen and oxygen atoms in total. The SMILES string of the molecule is O=C(O)c1ccccc1.O=C(O)c1ccccc1.O=C(O)c1ccccc1.O=C(O)c1ccccc1.OCC(CO)(CO)CO. The number of carboxylic acid groups (broad SMARTS) is 4. The van der Waals surface area contributed by atoms with E-state index in [1.54, 1.807) is 121 Å². The van der Waals surface area contributed by atoms with Gasteiger partial charge in [-0.15, -0.1) is 0 Å². The molecule has 240 valence electrons. The van der Waals surface area contributed by atoms with Crippen LogP contribution in [-0.2, 0) is 0 Å². The molecular formula is C33H36O12. The second kappa shape index (κ2) is 23.1. The maximum absolute atomic E-state index is 10.2. The van der Waals surface area contributed by atoms with Crippen molar-refractivity contribution in [1.29, 1.82) is 0 Å². The molecule has 0 unspecified atom stereocenters. The van der Waals surface area contributed by atoms with Gasteiger partial charge in [0.1, 0.15) is 0 Å². The number of aromatic carboxylic acids is 4. The molecule has 45 heavy (non-hydrogen) atoms. The highest BCUT2D eigenvalue weighted by atomic mass is 16.4. The summed E-state index contributed by atoms with van der Waals surface area (Å²) in [5.41, 5.74) is 0.213. The zero-order valence-electron chi connectivity index (χ0n) is 24.1. The Kier molecular flexibility index (Phi) is 20.3. The molecule has 0 aliphatic heterocycles. The number of hydrogen-bond acceptors (Lipinski definition) is 8. The van der Waals surface area contributed by atoms with Crippen LogP contribution in [-0.4, -0.2) is 91.2 Å². The van der Waals surface area contributed by atoms with Gasteiger partial charge in [0.05, 0.1) is 54.1 Å². The standard InChI is InChI=1S/4C7H6O2.C5H12O4/c4*8-7(9)6-4-2-1-3-5-6;6-1-5(2-7,3-8)4-9/h4*1-5H,(H,8,9);6-9H,1-4H2. The lowest BCUT2D eigenvalue weighted by molar-refractivity contribution is -0.0328. The van der Waals surface area contributed by atoms with Gasteiger partial charge in [-0.3, -0.25) is 0 Å². The third-order valence-corrected chi connectivity index (χ3v) is 5.42. The zero-order chi connectivity index (χ0) is 34.1. The van der Waals surface area contributed by atoms with Gasteiger partial charge in [0.25, 0.3) is 0 Å². The number of aliphatic hydroxyl groups excluding tert-OH is 4. The van der Waals surface area contributed by atoms with Crippen molar-refractivity contribution < 1.29 is 60.0 Å². The van der Waals surface area contributed by atoms with Crippen molar-refractivity contribution >= 4 is 23.9 Å². The molecular weight excluding hydrogens is 588 g/mol. The molecule has 12 heteroatoms. The van der Waals surface area contributed by atoms with Crippen LogP contribution in [0.2, 0.25) is 0 Å². The van der Waals surface area contributed by atoms with Crippen LogP contribution < -0.4 is 0 Å². The van der Waals surface area contributed by atoms with Crippen molar-refractivity contribution in [2.75, 3.05) is 26.4 Å². The smallest absolute Gasteiger partial charge is 0.335 e. The molecule has 4 aromatic rings. The summed E-state index contributed by atoms with van der Waals surface area (Å²) in [6, 6.07) is 33.2. The summed E-state index contributed by atoms with van der Waals surface area (Å²) in [6.45, 7) is -1.62. The summed E-state index contributed by atoms with van der Waals surface area (Å²) in [7, 11) is 0. The van der Waals surface area contributed by atoms with E-state index in [0.29, 0.717) is 22.3 Å². The van der Waals surface area contributed by atoms with Gasteiger partial charge in [0.15, 0.2) is 0 Å². The Balaban J connectivity index is 0.000000538. The number of hydrogen-bond donors (Lipinski definition) is 8. The minimum absolute atomic E-state index is 0.331. The quantitative estimate of drug-likeness (QED) is 0.141. The summed E-state index contributed by atoms with van der Waals surface area (Å²) >= 11 is 0. The van der Waals surface area contributed by atoms with Gasteiger partial charge in [-0.1, -0.05) is 72.8 Å². The molecule has 0 amide bonds. The second-order valence-electron chi connectivity index (χ2n) is 8.82. The first kappa shape index (κ1) is 39.6. The van der Waals surface area contributed by atoms with Crippen LogP contribution in [0.15, 0.2) is 121 Å². The van der Waals surface area contributed by atoms with E-state index in [2.05, 4.69) is 0 Å². The Hall–Kier alpha value is -5.40. The lowest BCUT2D eigenvalue weighted by Gasteiger charge is -2.23. The summed E-state index contributed by atoms with van der Waals surface area (Å²) < 4.78 is 0. The van der Waals surface area contributed by atoms with Crippen LogP contribution in [0.5, 0.6) is 0 Å². The van der Waals surface area contributed by atoms with E-state index in [4.69, 9.17) is 40.9 Å².